The van der Waals surface area contributed by atoms with E-state index >= 15 is 0 Å². The number of nitrogens with one attached hydrogen (secondary N) is 1. The van der Waals surface area contributed by atoms with Crippen LogP contribution in [0.1, 0.15) is 40.7 Å². The number of ether oxygens (including phenoxy) is 1. The van der Waals surface area contributed by atoms with Crippen molar-refractivity contribution in [3.63, 3.8) is 0 Å². The molecule has 0 saturated carbocycles. The van der Waals surface area contributed by atoms with Crippen LogP contribution in [0.2, 0.25) is 0 Å². The fourth-order valence-electron chi connectivity index (χ4n) is 3.23. The first-order chi connectivity index (χ1) is 14.6. The largest absolute Gasteiger partial charge is 0.485 e. The number of fused-ring (bicyclic) bond motifs is 1. The van der Waals surface area contributed by atoms with Crippen LogP contribution in [-0.2, 0) is 6.61 Å². The van der Waals surface area contributed by atoms with E-state index in [-0.39, 0.29) is 36.6 Å². The summed E-state index contributed by atoms with van der Waals surface area (Å²) >= 11 is 0. The summed E-state index contributed by atoms with van der Waals surface area (Å²) in [5, 5.41) is 2.72. The number of hydrogen-bond acceptors (Lipinski definition) is 4. The molecule has 0 aliphatic rings. The fourth-order valence-corrected chi connectivity index (χ4v) is 3.23. The minimum absolute atomic E-state index is 0.0875. The third-order valence-corrected chi connectivity index (χ3v) is 4.96. The molecular formula is C22H25F3N4O2. The SMILES string of the molecule is Cc1cc(OCc2c(F)cccc2F)c2nc(C)c(C(=O)NCC(C)(N)CCF)n2c1. The maximum absolute atomic E-state index is 13.9. The Labute approximate surface area is 178 Å². The van der Waals surface area contributed by atoms with E-state index in [1.807, 2.05) is 0 Å². The predicted octanol–water partition coefficient (Wildman–Crippen LogP) is 3.62. The zero-order chi connectivity index (χ0) is 22.8. The molecule has 0 radical (unpaired) electrons. The van der Waals surface area contributed by atoms with E-state index in [1.165, 1.54) is 6.07 Å². The topological polar surface area (TPSA) is 81.6 Å². The van der Waals surface area contributed by atoms with Crippen molar-refractivity contribution in [3.05, 3.63) is 64.6 Å². The lowest BCUT2D eigenvalue weighted by Crippen LogP contribution is -2.48. The summed E-state index contributed by atoms with van der Waals surface area (Å²) < 4.78 is 47.7. The lowest BCUT2D eigenvalue weighted by Gasteiger charge is -2.23. The maximum Gasteiger partial charge on any atom is 0.270 e. The van der Waals surface area contributed by atoms with Gasteiger partial charge in [-0.25, -0.2) is 13.8 Å². The summed E-state index contributed by atoms with van der Waals surface area (Å²) in [4.78, 5) is 17.2. The molecule has 1 aromatic carbocycles. The third-order valence-electron chi connectivity index (χ3n) is 4.96. The van der Waals surface area contributed by atoms with E-state index in [9.17, 15) is 18.0 Å². The summed E-state index contributed by atoms with van der Waals surface area (Å²) in [6.45, 7) is 4.29. The number of amides is 1. The van der Waals surface area contributed by atoms with Crippen molar-refractivity contribution in [2.45, 2.75) is 39.3 Å². The molecule has 0 saturated heterocycles. The van der Waals surface area contributed by atoms with E-state index in [1.54, 1.807) is 37.4 Å². The number of aromatic nitrogens is 2. The van der Waals surface area contributed by atoms with E-state index in [4.69, 9.17) is 10.5 Å². The van der Waals surface area contributed by atoms with E-state index < -0.39 is 29.8 Å². The Hall–Kier alpha value is -3.07. The fraction of sp³-hybridized carbons (Fsp3) is 0.364. The predicted molar refractivity (Wildman–Crippen MR) is 111 cm³/mol. The lowest BCUT2D eigenvalue weighted by atomic mass is 10.0. The minimum atomic E-state index is -0.882. The molecule has 3 aromatic rings. The Bertz CT molecular complexity index is 1090. The van der Waals surface area contributed by atoms with Gasteiger partial charge in [-0.05, 0) is 51.0 Å². The van der Waals surface area contributed by atoms with Crippen LogP contribution in [0.5, 0.6) is 5.75 Å². The van der Waals surface area contributed by atoms with Crippen molar-refractivity contribution in [1.29, 1.82) is 0 Å². The summed E-state index contributed by atoms with van der Waals surface area (Å²) in [6.07, 6.45) is 1.83. The second-order valence-corrected chi connectivity index (χ2v) is 7.89. The Balaban J connectivity index is 1.90. The zero-order valence-corrected chi connectivity index (χ0v) is 17.6. The highest BCUT2D eigenvalue weighted by molar-refractivity contribution is 5.95. The number of rotatable bonds is 8. The van der Waals surface area contributed by atoms with Gasteiger partial charge in [-0.15, -0.1) is 0 Å². The van der Waals surface area contributed by atoms with Crippen LogP contribution < -0.4 is 15.8 Å². The van der Waals surface area contributed by atoms with Gasteiger partial charge in [0.15, 0.2) is 11.4 Å². The smallest absolute Gasteiger partial charge is 0.270 e. The first-order valence-electron chi connectivity index (χ1n) is 9.81. The molecule has 0 bridgehead atoms. The van der Waals surface area contributed by atoms with E-state index in [2.05, 4.69) is 10.3 Å². The number of hydrogen-bond donors (Lipinski definition) is 2. The van der Waals surface area contributed by atoms with Gasteiger partial charge in [-0.1, -0.05) is 6.07 Å². The molecule has 31 heavy (non-hydrogen) atoms. The Kier molecular flexibility index (Phi) is 6.54. The summed E-state index contributed by atoms with van der Waals surface area (Å²) in [7, 11) is 0. The number of carbonyl (C=O) groups excluding carboxylic acids is 1. The van der Waals surface area contributed by atoms with Gasteiger partial charge in [0.2, 0.25) is 0 Å². The average molecular weight is 434 g/mol. The first-order valence-corrected chi connectivity index (χ1v) is 9.81. The molecule has 166 valence electrons. The summed E-state index contributed by atoms with van der Waals surface area (Å²) in [5.41, 5.74) is 6.72. The second kappa shape index (κ2) is 8.97. The van der Waals surface area contributed by atoms with E-state index in [0.29, 0.717) is 11.3 Å². The monoisotopic (exact) mass is 434 g/mol. The minimum Gasteiger partial charge on any atom is -0.485 e. The average Bonchev–Trinajstić information content (AvgIpc) is 3.01. The molecule has 3 N–H and O–H groups in total. The molecule has 1 atom stereocenters. The number of pyridine rings is 1. The Morgan fingerprint density at radius 3 is 2.61 bits per heavy atom. The number of carbonyl (C=O) groups is 1. The molecule has 1 unspecified atom stereocenters. The summed E-state index contributed by atoms with van der Waals surface area (Å²) in [5.74, 6) is -1.55. The molecule has 0 aliphatic heterocycles. The first kappa shape index (κ1) is 22.6. The maximum atomic E-state index is 13.9. The van der Waals surface area contributed by atoms with Gasteiger partial charge in [-0.3, -0.25) is 13.6 Å². The lowest BCUT2D eigenvalue weighted by molar-refractivity contribution is 0.0936. The van der Waals surface area contributed by atoms with Gasteiger partial charge < -0.3 is 15.8 Å². The quantitative estimate of drug-likeness (QED) is 0.568. The molecule has 0 spiro atoms. The van der Waals surface area contributed by atoms with Crippen LogP contribution >= 0.6 is 0 Å². The van der Waals surface area contributed by atoms with Crippen LogP contribution in [0.4, 0.5) is 13.2 Å². The second-order valence-electron chi connectivity index (χ2n) is 7.89. The van der Waals surface area contributed by atoms with Gasteiger partial charge in [0.1, 0.15) is 23.9 Å². The van der Waals surface area contributed by atoms with E-state index in [0.717, 1.165) is 17.7 Å². The van der Waals surface area contributed by atoms with Gasteiger partial charge >= 0.3 is 0 Å². The van der Waals surface area contributed by atoms with Crippen LogP contribution in [0.25, 0.3) is 5.65 Å². The van der Waals surface area contributed by atoms with Crippen LogP contribution in [-0.4, -0.2) is 34.1 Å². The molecule has 9 heteroatoms. The number of aryl methyl sites for hydroxylation is 2. The van der Waals surface area contributed by atoms with Gasteiger partial charge in [0.05, 0.1) is 17.9 Å². The molecule has 3 rings (SSSR count). The zero-order valence-electron chi connectivity index (χ0n) is 17.6. The van der Waals surface area contributed by atoms with Crippen LogP contribution in [0, 0.1) is 25.5 Å². The highest BCUT2D eigenvalue weighted by atomic mass is 19.1. The highest BCUT2D eigenvalue weighted by Gasteiger charge is 2.23. The standard InChI is InChI=1S/C22H25F3N4O2/c1-13-9-18(31-11-15-16(24)5-4-6-17(15)25)20-28-14(2)19(29(20)10-13)21(30)27-12-22(3,26)7-8-23/h4-6,9-10H,7-8,11-12,26H2,1-3H3,(H,27,30). The van der Waals surface area contributed by atoms with Gasteiger partial charge in [0.25, 0.3) is 5.91 Å². The van der Waals surface area contributed by atoms with Crippen LogP contribution in [0.3, 0.4) is 0 Å². The highest BCUT2D eigenvalue weighted by Crippen LogP contribution is 2.26. The number of nitrogens with zero attached hydrogens (tertiary/aromatic N) is 2. The number of imidazole rings is 1. The number of alkyl halides is 1. The summed E-state index contributed by atoms with van der Waals surface area (Å²) in [6, 6.07) is 5.27. The van der Waals surface area contributed by atoms with Crippen LogP contribution in [0.15, 0.2) is 30.5 Å². The number of benzene rings is 1. The third kappa shape index (κ3) is 4.99. The van der Waals surface area contributed by atoms with Crippen molar-refractivity contribution >= 4 is 11.6 Å². The van der Waals surface area contributed by atoms with Crippen molar-refractivity contribution in [1.82, 2.24) is 14.7 Å². The Morgan fingerprint density at radius 1 is 1.29 bits per heavy atom. The molecule has 2 heterocycles. The molecular weight excluding hydrogens is 409 g/mol. The molecule has 0 aliphatic carbocycles. The number of nitrogens with two attached hydrogens (primary N) is 1. The Morgan fingerprint density at radius 2 is 1.97 bits per heavy atom. The van der Waals surface area contributed by atoms with Gasteiger partial charge in [-0.2, -0.15) is 0 Å². The molecule has 2 aromatic heterocycles. The molecule has 6 nitrogen and oxygen atoms in total. The number of halogens is 3. The normalized spacial score (nSPS) is 13.3. The van der Waals surface area contributed by atoms with Crippen molar-refractivity contribution in [3.8, 4) is 5.75 Å². The molecule has 1 amide bonds. The van der Waals surface area contributed by atoms with Crippen molar-refractivity contribution in [2.24, 2.45) is 5.73 Å². The van der Waals surface area contributed by atoms with Gasteiger partial charge in [0, 0.05) is 18.3 Å². The van der Waals surface area contributed by atoms with Crippen molar-refractivity contribution < 1.29 is 22.7 Å². The van der Waals surface area contributed by atoms with Crippen molar-refractivity contribution in [2.75, 3.05) is 13.2 Å². The molecule has 0 fully saturated rings.